The van der Waals surface area contributed by atoms with Crippen molar-refractivity contribution in [3.63, 3.8) is 0 Å². The van der Waals surface area contributed by atoms with Crippen LogP contribution in [0.2, 0.25) is 15.1 Å². The van der Waals surface area contributed by atoms with Crippen molar-refractivity contribution in [2.45, 2.75) is 37.9 Å². The number of halogens is 3. The highest BCUT2D eigenvalue weighted by atomic mass is 35.5. The largest absolute Gasteiger partial charge is 0.368 e. The number of nitrogens with one attached hydrogen (secondary N) is 1. The van der Waals surface area contributed by atoms with E-state index >= 15 is 0 Å². The Morgan fingerprint density at radius 2 is 1.66 bits per heavy atom. The molecule has 2 unspecified atom stereocenters. The molecule has 1 N–H and O–H groups in total. The van der Waals surface area contributed by atoms with Gasteiger partial charge in [-0.25, -0.2) is 4.79 Å². The Morgan fingerprint density at radius 1 is 0.906 bits per heavy atom. The Kier molecular flexibility index (Phi) is 5.97. The number of piperazine rings is 1. The first-order valence-electron chi connectivity index (χ1n) is 10.8. The van der Waals surface area contributed by atoms with Crippen molar-refractivity contribution in [2.75, 3.05) is 24.5 Å². The molecule has 32 heavy (non-hydrogen) atoms. The van der Waals surface area contributed by atoms with Gasteiger partial charge in [-0.05, 0) is 49.6 Å². The number of aromatic amines is 1. The molecule has 0 spiro atoms. The highest BCUT2D eigenvalue weighted by Crippen LogP contribution is 2.34. The van der Waals surface area contributed by atoms with Crippen LogP contribution >= 0.6 is 34.8 Å². The van der Waals surface area contributed by atoms with Crippen LogP contribution in [0.15, 0.2) is 46.0 Å². The Morgan fingerprint density at radius 3 is 2.38 bits per heavy atom. The van der Waals surface area contributed by atoms with E-state index in [1.807, 2.05) is 18.2 Å². The highest BCUT2D eigenvalue weighted by molar-refractivity contribution is 6.42. The van der Waals surface area contributed by atoms with E-state index in [-0.39, 0.29) is 5.56 Å². The molecular formula is C23H23Cl3N4O2. The van der Waals surface area contributed by atoms with E-state index in [0.29, 0.717) is 44.6 Å². The summed E-state index contributed by atoms with van der Waals surface area (Å²) in [6.45, 7) is 3.10. The van der Waals surface area contributed by atoms with Crippen LogP contribution in [0.3, 0.4) is 0 Å². The van der Waals surface area contributed by atoms with Crippen molar-refractivity contribution in [1.82, 2.24) is 14.5 Å². The normalized spacial score (nSPS) is 20.9. The van der Waals surface area contributed by atoms with Gasteiger partial charge in [-0.1, -0.05) is 40.9 Å². The predicted octanol–water partition coefficient (Wildman–Crippen LogP) is 4.39. The number of aromatic nitrogens is 2. The average Bonchev–Trinajstić information content (AvgIpc) is 3.00. The number of benzene rings is 2. The quantitative estimate of drug-likeness (QED) is 0.572. The van der Waals surface area contributed by atoms with E-state index in [9.17, 15) is 9.59 Å². The molecule has 2 bridgehead atoms. The Hall–Kier alpha value is -1.99. The van der Waals surface area contributed by atoms with Crippen LogP contribution in [0.25, 0.3) is 10.9 Å². The zero-order valence-corrected chi connectivity index (χ0v) is 19.6. The number of hydrogen-bond donors (Lipinski definition) is 1. The maximum absolute atomic E-state index is 12.8. The van der Waals surface area contributed by atoms with Crippen LogP contribution in [0, 0.1) is 0 Å². The molecule has 0 saturated carbocycles. The molecule has 2 aliphatic heterocycles. The first kappa shape index (κ1) is 21.8. The lowest BCUT2D eigenvalue weighted by atomic mass is 10.1. The van der Waals surface area contributed by atoms with Crippen LogP contribution in [0.5, 0.6) is 0 Å². The van der Waals surface area contributed by atoms with Gasteiger partial charge in [0, 0.05) is 44.0 Å². The van der Waals surface area contributed by atoms with Crippen molar-refractivity contribution in [2.24, 2.45) is 0 Å². The fraction of sp³-hybridized carbons (Fsp3) is 0.391. The van der Waals surface area contributed by atoms with E-state index in [4.69, 9.17) is 34.8 Å². The number of H-pyrrole nitrogens is 1. The highest BCUT2D eigenvalue weighted by Gasteiger charge is 2.39. The van der Waals surface area contributed by atoms with Gasteiger partial charge in [0.1, 0.15) is 0 Å². The average molecular weight is 494 g/mol. The van der Waals surface area contributed by atoms with Gasteiger partial charge in [0.05, 0.1) is 26.0 Å². The fourth-order valence-corrected chi connectivity index (χ4v) is 5.62. The Balaban J connectivity index is 1.26. The van der Waals surface area contributed by atoms with Crippen molar-refractivity contribution in [1.29, 1.82) is 0 Å². The minimum Gasteiger partial charge on any atom is -0.368 e. The summed E-state index contributed by atoms with van der Waals surface area (Å²) in [4.78, 5) is 33.0. The number of rotatable bonds is 5. The summed E-state index contributed by atoms with van der Waals surface area (Å²) in [5, 5.41) is 1.96. The molecule has 2 atom stereocenters. The van der Waals surface area contributed by atoms with Crippen molar-refractivity contribution < 1.29 is 0 Å². The first-order valence-corrected chi connectivity index (χ1v) is 11.9. The maximum atomic E-state index is 12.8. The minimum atomic E-state index is -0.414. The second kappa shape index (κ2) is 8.75. The summed E-state index contributed by atoms with van der Waals surface area (Å²) in [5.41, 5.74) is 0.794. The van der Waals surface area contributed by atoms with Crippen LogP contribution < -0.4 is 16.1 Å². The van der Waals surface area contributed by atoms with Gasteiger partial charge in [0.15, 0.2) is 0 Å². The van der Waals surface area contributed by atoms with Gasteiger partial charge in [-0.15, -0.1) is 0 Å². The molecular weight excluding hydrogens is 471 g/mol. The van der Waals surface area contributed by atoms with Crippen LogP contribution in [0.4, 0.5) is 5.69 Å². The molecule has 2 aliphatic rings. The molecule has 6 nitrogen and oxygen atoms in total. The van der Waals surface area contributed by atoms with E-state index in [1.54, 1.807) is 18.2 Å². The standard InChI is InChI=1S/C23H23Cl3N4O2/c24-18-8-7-14(11-20(18)26)28-12-15-5-6-16(13-28)29(15)9-2-10-30-22(31)17-3-1-4-19(25)21(17)27-23(30)32/h1,3-4,7-8,11,15-16H,2,5-6,9-10,12-13H2,(H,27,32). The molecule has 5 rings (SSSR count). The number of nitrogens with zero attached hydrogens (tertiary/aromatic N) is 3. The third kappa shape index (κ3) is 3.94. The SMILES string of the molecule is O=c1[nH]c2c(Cl)cccc2c(=O)n1CCCN1C2CCC1CN(c1ccc(Cl)c(Cl)c1)C2. The summed E-state index contributed by atoms with van der Waals surface area (Å²) in [7, 11) is 0. The molecule has 3 aromatic rings. The Bertz CT molecular complexity index is 1270. The zero-order chi connectivity index (χ0) is 22.4. The fourth-order valence-electron chi connectivity index (χ4n) is 5.10. The summed E-state index contributed by atoms with van der Waals surface area (Å²) in [6, 6.07) is 11.8. The van der Waals surface area contributed by atoms with Crippen molar-refractivity contribution in [3.8, 4) is 0 Å². The lowest BCUT2D eigenvalue weighted by Crippen LogP contribution is -2.54. The maximum Gasteiger partial charge on any atom is 0.328 e. The molecule has 9 heteroatoms. The third-order valence-corrected chi connectivity index (χ3v) is 7.72. The summed E-state index contributed by atoms with van der Waals surface area (Å²) < 4.78 is 1.28. The summed E-state index contributed by atoms with van der Waals surface area (Å²) in [6.07, 6.45) is 3.03. The second-order valence-corrected chi connectivity index (χ2v) is 9.75. The number of para-hydroxylation sites is 1. The molecule has 2 saturated heterocycles. The number of fused-ring (bicyclic) bond motifs is 3. The van der Waals surface area contributed by atoms with Gasteiger partial charge in [-0.3, -0.25) is 14.3 Å². The third-order valence-electron chi connectivity index (χ3n) is 6.67. The lowest BCUT2D eigenvalue weighted by Gasteiger charge is -2.42. The van der Waals surface area contributed by atoms with Crippen LogP contribution in [-0.4, -0.2) is 46.2 Å². The topological polar surface area (TPSA) is 61.3 Å². The van der Waals surface area contributed by atoms with E-state index in [2.05, 4.69) is 14.8 Å². The van der Waals surface area contributed by atoms with Crippen LogP contribution in [-0.2, 0) is 6.54 Å². The molecule has 1 aromatic heterocycles. The smallest absolute Gasteiger partial charge is 0.328 e. The van der Waals surface area contributed by atoms with E-state index in [1.165, 1.54) is 4.57 Å². The van der Waals surface area contributed by atoms with Crippen molar-refractivity contribution in [3.05, 3.63) is 72.3 Å². The summed E-state index contributed by atoms with van der Waals surface area (Å²) >= 11 is 18.4. The predicted molar refractivity (Wildman–Crippen MR) is 131 cm³/mol. The first-order chi connectivity index (χ1) is 15.4. The molecule has 0 radical (unpaired) electrons. The second-order valence-electron chi connectivity index (χ2n) is 8.53. The van der Waals surface area contributed by atoms with Crippen molar-refractivity contribution >= 4 is 51.4 Å². The molecule has 3 heterocycles. The molecule has 168 valence electrons. The van der Waals surface area contributed by atoms with Gasteiger partial charge in [0.25, 0.3) is 5.56 Å². The molecule has 0 aliphatic carbocycles. The van der Waals surface area contributed by atoms with E-state index in [0.717, 1.165) is 44.6 Å². The van der Waals surface area contributed by atoms with Gasteiger partial charge >= 0.3 is 5.69 Å². The molecule has 2 fully saturated rings. The van der Waals surface area contributed by atoms with E-state index < -0.39 is 5.69 Å². The van der Waals surface area contributed by atoms with Gasteiger partial charge in [-0.2, -0.15) is 0 Å². The molecule has 2 aromatic carbocycles. The lowest BCUT2D eigenvalue weighted by molar-refractivity contribution is 0.164. The van der Waals surface area contributed by atoms with Crippen LogP contribution in [0.1, 0.15) is 19.3 Å². The zero-order valence-electron chi connectivity index (χ0n) is 17.4. The molecule has 0 amide bonds. The van der Waals surface area contributed by atoms with Gasteiger partial charge < -0.3 is 9.88 Å². The van der Waals surface area contributed by atoms with Gasteiger partial charge in [0.2, 0.25) is 0 Å². The number of anilines is 1. The minimum absolute atomic E-state index is 0.293. The summed E-state index contributed by atoms with van der Waals surface area (Å²) in [5.74, 6) is 0. The number of hydrogen-bond acceptors (Lipinski definition) is 4. The monoisotopic (exact) mass is 492 g/mol. The Labute approximate surface area is 200 Å².